The van der Waals surface area contributed by atoms with Crippen molar-refractivity contribution in [3.05, 3.63) is 95.5 Å². The van der Waals surface area contributed by atoms with Gasteiger partial charge in [-0.3, -0.25) is 9.59 Å². The van der Waals surface area contributed by atoms with E-state index in [2.05, 4.69) is 37.4 Å². The van der Waals surface area contributed by atoms with E-state index in [9.17, 15) is 22.8 Å². The number of aromatic nitrogens is 4. The highest BCUT2D eigenvalue weighted by Crippen LogP contribution is 2.33. The number of halogens is 3. The topological polar surface area (TPSA) is 102 Å². The molecule has 0 atom stereocenters. The monoisotopic (exact) mass is 546 g/mol. The molecule has 0 aliphatic rings. The molecule has 0 unspecified atom stereocenters. The summed E-state index contributed by atoms with van der Waals surface area (Å²) in [6.07, 6.45) is 2.53. The molecule has 11 heteroatoms. The molecule has 204 valence electrons. The normalized spacial score (nSPS) is 11.4. The van der Waals surface area contributed by atoms with Crippen LogP contribution in [-0.2, 0) is 11.0 Å². The fraction of sp³-hybridized carbons (Fsp3) is 0.207. The number of hydrogen-bond donors (Lipinski definition) is 2. The third-order valence-electron chi connectivity index (χ3n) is 5.71. The first-order valence-corrected chi connectivity index (χ1v) is 12.1. The number of imidazole rings is 1. The summed E-state index contributed by atoms with van der Waals surface area (Å²) in [6.45, 7) is 7.16. The van der Waals surface area contributed by atoms with E-state index in [0.29, 0.717) is 17.1 Å². The van der Waals surface area contributed by atoms with Crippen molar-refractivity contribution in [1.82, 2.24) is 19.5 Å². The minimum atomic E-state index is -4.61. The molecule has 2 aromatic carbocycles. The number of anilines is 2. The van der Waals surface area contributed by atoms with Gasteiger partial charge < -0.3 is 15.2 Å². The molecule has 2 heterocycles. The van der Waals surface area contributed by atoms with Crippen molar-refractivity contribution < 1.29 is 22.8 Å². The van der Waals surface area contributed by atoms with Gasteiger partial charge in [0, 0.05) is 40.3 Å². The molecular weight excluding hydrogens is 521 g/mol. The van der Waals surface area contributed by atoms with Gasteiger partial charge in [-0.15, -0.1) is 0 Å². The second-order valence-electron chi connectivity index (χ2n) is 9.96. The number of amides is 2. The Kier molecular flexibility index (Phi) is 7.72. The number of nitrogens with zero attached hydrogens (tertiary/aromatic N) is 4. The first-order chi connectivity index (χ1) is 18.8. The van der Waals surface area contributed by atoms with Crippen molar-refractivity contribution in [2.24, 2.45) is 5.41 Å². The van der Waals surface area contributed by atoms with Crippen LogP contribution in [0, 0.1) is 24.2 Å². The summed E-state index contributed by atoms with van der Waals surface area (Å²) in [5, 5.41) is 5.23. The van der Waals surface area contributed by atoms with Gasteiger partial charge in [0.1, 0.15) is 5.69 Å². The van der Waals surface area contributed by atoms with E-state index in [1.807, 2.05) is 6.92 Å². The second kappa shape index (κ2) is 11.0. The van der Waals surface area contributed by atoms with E-state index in [1.54, 1.807) is 39.0 Å². The van der Waals surface area contributed by atoms with Crippen molar-refractivity contribution in [1.29, 1.82) is 0 Å². The van der Waals surface area contributed by atoms with Gasteiger partial charge >= 0.3 is 6.18 Å². The standard InChI is InChI=1S/C29H25F3N6O2/c1-18-5-6-20(11-19(18)7-8-22-15-35-25(16-34-22)37-27(40)28(2,3)4)26(39)36-23-12-21(29(30,31)32)13-24(14-23)38-10-9-33-17-38/h5-6,9-17H,1-4H3,(H,36,39)(H,35,37,40). The molecule has 0 bridgehead atoms. The van der Waals surface area contributed by atoms with Crippen LogP contribution < -0.4 is 10.6 Å². The molecule has 0 saturated carbocycles. The van der Waals surface area contributed by atoms with Crippen LogP contribution >= 0.6 is 0 Å². The number of benzene rings is 2. The van der Waals surface area contributed by atoms with Crippen LogP contribution in [0.1, 0.15) is 53.5 Å². The van der Waals surface area contributed by atoms with Crippen molar-refractivity contribution >= 4 is 23.3 Å². The zero-order chi connectivity index (χ0) is 29.1. The van der Waals surface area contributed by atoms with E-state index < -0.39 is 23.1 Å². The summed E-state index contributed by atoms with van der Waals surface area (Å²) in [4.78, 5) is 37.3. The molecule has 0 radical (unpaired) electrons. The summed E-state index contributed by atoms with van der Waals surface area (Å²) in [6, 6.07) is 8.08. The van der Waals surface area contributed by atoms with Crippen molar-refractivity contribution in [2.45, 2.75) is 33.9 Å². The summed E-state index contributed by atoms with van der Waals surface area (Å²) < 4.78 is 42.0. The van der Waals surface area contributed by atoms with Gasteiger partial charge in [0.2, 0.25) is 5.91 Å². The second-order valence-corrected chi connectivity index (χ2v) is 9.96. The summed E-state index contributed by atoms with van der Waals surface area (Å²) in [5.74, 6) is 5.32. The Hall–Kier alpha value is -4.98. The van der Waals surface area contributed by atoms with Crippen LogP contribution in [0.5, 0.6) is 0 Å². The maximum absolute atomic E-state index is 13.5. The van der Waals surface area contributed by atoms with Gasteiger partial charge in [0.05, 0.1) is 24.3 Å². The quantitative estimate of drug-likeness (QED) is 0.323. The molecular formula is C29H25F3N6O2. The van der Waals surface area contributed by atoms with Gasteiger partial charge in [-0.05, 0) is 48.7 Å². The Morgan fingerprint density at radius 2 is 1.73 bits per heavy atom. The average molecular weight is 547 g/mol. The Balaban J connectivity index is 1.54. The highest BCUT2D eigenvalue weighted by atomic mass is 19.4. The highest BCUT2D eigenvalue weighted by molar-refractivity contribution is 6.04. The highest BCUT2D eigenvalue weighted by Gasteiger charge is 2.31. The first-order valence-electron chi connectivity index (χ1n) is 12.1. The minimum absolute atomic E-state index is 0.0225. The SMILES string of the molecule is Cc1ccc(C(=O)Nc2cc(-n3ccnc3)cc(C(F)(F)F)c2)cc1C#Cc1cnc(NC(=O)C(C)(C)C)cn1. The van der Waals surface area contributed by atoms with Gasteiger partial charge in [-0.25, -0.2) is 15.0 Å². The molecule has 0 fully saturated rings. The van der Waals surface area contributed by atoms with E-state index >= 15 is 0 Å². The third kappa shape index (κ3) is 6.91. The predicted octanol–water partition coefficient (Wildman–Crippen LogP) is 5.63. The molecule has 8 nitrogen and oxygen atoms in total. The lowest BCUT2D eigenvalue weighted by Crippen LogP contribution is -2.28. The number of alkyl halides is 3. The molecule has 0 aliphatic carbocycles. The maximum atomic E-state index is 13.5. The Morgan fingerprint density at radius 1 is 0.950 bits per heavy atom. The van der Waals surface area contributed by atoms with E-state index in [0.717, 1.165) is 17.7 Å². The number of carbonyl (C=O) groups is 2. The van der Waals surface area contributed by atoms with Crippen LogP contribution in [0.3, 0.4) is 0 Å². The fourth-order valence-electron chi connectivity index (χ4n) is 3.40. The smallest absolute Gasteiger partial charge is 0.322 e. The number of hydrogen-bond acceptors (Lipinski definition) is 5. The number of carbonyl (C=O) groups excluding carboxylic acids is 2. The molecule has 0 saturated heterocycles. The van der Waals surface area contributed by atoms with E-state index in [1.165, 1.54) is 41.7 Å². The molecule has 4 aromatic rings. The summed E-state index contributed by atoms with van der Waals surface area (Å²) in [5.41, 5.74) is 0.554. The zero-order valence-electron chi connectivity index (χ0n) is 22.1. The van der Waals surface area contributed by atoms with Crippen molar-refractivity contribution in [3.63, 3.8) is 0 Å². The Labute approximate surface area is 228 Å². The van der Waals surface area contributed by atoms with Crippen LogP contribution in [0.15, 0.2) is 67.5 Å². The fourth-order valence-corrected chi connectivity index (χ4v) is 3.40. The summed E-state index contributed by atoms with van der Waals surface area (Å²) >= 11 is 0. The molecule has 2 N–H and O–H groups in total. The van der Waals surface area contributed by atoms with Crippen LogP contribution in [0.25, 0.3) is 5.69 Å². The molecule has 2 amide bonds. The largest absolute Gasteiger partial charge is 0.416 e. The Morgan fingerprint density at radius 3 is 2.35 bits per heavy atom. The van der Waals surface area contributed by atoms with Gasteiger partial charge in [-0.1, -0.05) is 32.8 Å². The molecule has 0 aliphatic heterocycles. The molecule has 4 rings (SSSR count). The lowest BCUT2D eigenvalue weighted by atomic mass is 9.96. The van der Waals surface area contributed by atoms with Crippen molar-refractivity contribution in [2.75, 3.05) is 10.6 Å². The van der Waals surface area contributed by atoms with Crippen LogP contribution in [0.2, 0.25) is 0 Å². The first kappa shape index (κ1) is 28.0. The minimum Gasteiger partial charge on any atom is -0.322 e. The van der Waals surface area contributed by atoms with Gasteiger partial charge in [-0.2, -0.15) is 13.2 Å². The lowest BCUT2D eigenvalue weighted by molar-refractivity contribution is -0.137. The maximum Gasteiger partial charge on any atom is 0.416 e. The Bertz CT molecular complexity index is 1610. The number of aryl methyl sites for hydroxylation is 1. The van der Waals surface area contributed by atoms with E-state index in [4.69, 9.17) is 0 Å². The van der Waals surface area contributed by atoms with Crippen molar-refractivity contribution in [3.8, 4) is 17.5 Å². The van der Waals surface area contributed by atoms with Gasteiger partial charge in [0.25, 0.3) is 5.91 Å². The lowest BCUT2D eigenvalue weighted by Gasteiger charge is -2.16. The zero-order valence-corrected chi connectivity index (χ0v) is 22.1. The van der Waals surface area contributed by atoms with Gasteiger partial charge in [0.15, 0.2) is 5.82 Å². The van der Waals surface area contributed by atoms with Crippen LogP contribution in [0.4, 0.5) is 24.7 Å². The third-order valence-corrected chi connectivity index (χ3v) is 5.71. The van der Waals surface area contributed by atoms with Crippen LogP contribution in [-0.4, -0.2) is 31.3 Å². The predicted molar refractivity (Wildman–Crippen MR) is 144 cm³/mol. The van der Waals surface area contributed by atoms with E-state index in [-0.39, 0.29) is 22.8 Å². The average Bonchev–Trinajstić information content (AvgIpc) is 3.43. The molecule has 2 aromatic heterocycles. The molecule has 40 heavy (non-hydrogen) atoms. The number of rotatable bonds is 4. The summed E-state index contributed by atoms with van der Waals surface area (Å²) in [7, 11) is 0. The number of nitrogens with one attached hydrogen (secondary N) is 2. The molecule has 0 spiro atoms.